The molecular formula is C40H53N3O4. The van der Waals surface area contributed by atoms with Crippen LogP contribution < -0.4 is 4.74 Å². The Bertz CT molecular complexity index is 1520. The second-order valence-corrected chi connectivity index (χ2v) is 13.0. The Hall–Kier alpha value is -3.81. The molecule has 0 fully saturated rings. The Morgan fingerprint density at radius 1 is 0.638 bits per heavy atom. The SMILES string of the molecule is CCCCCCCCCCCC(O)OC(C)COc1ccc(-c2nc(-c3ccc(C)cc3C)nc(-c3ccc(C)cc3C)n2)c(O)c1. The van der Waals surface area contributed by atoms with Crippen molar-refractivity contribution in [2.75, 3.05) is 6.61 Å². The summed E-state index contributed by atoms with van der Waals surface area (Å²) in [6.45, 7) is 12.6. The number of phenols is 1. The molecule has 7 heteroatoms. The molecule has 0 amide bonds. The molecule has 4 rings (SSSR count). The summed E-state index contributed by atoms with van der Waals surface area (Å²) in [5.41, 5.74) is 6.77. The molecule has 252 valence electrons. The van der Waals surface area contributed by atoms with Crippen molar-refractivity contribution in [3.05, 3.63) is 76.9 Å². The van der Waals surface area contributed by atoms with Gasteiger partial charge in [0.25, 0.3) is 0 Å². The molecule has 0 saturated carbocycles. The van der Waals surface area contributed by atoms with Crippen LogP contribution in [0.4, 0.5) is 0 Å². The van der Waals surface area contributed by atoms with Gasteiger partial charge in [0, 0.05) is 17.2 Å². The van der Waals surface area contributed by atoms with Crippen LogP contribution in [0, 0.1) is 27.7 Å². The third-order valence-corrected chi connectivity index (χ3v) is 8.52. The van der Waals surface area contributed by atoms with Crippen LogP contribution in [0.25, 0.3) is 34.2 Å². The molecule has 0 bridgehead atoms. The number of hydrogen-bond acceptors (Lipinski definition) is 7. The van der Waals surface area contributed by atoms with Crippen molar-refractivity contribution in [3.63, 3.8) is 0 Å². The number of benzene rings is 3. The molecule has 0 radical (unpaired) electrons. The van der Waals surface area contributed by atoms with Crippen molar-refractivity contribution >= 4 is 0 Å². The van der Waals surface area contributed by atoms with Crippen LogP contribution >= 0.6 is 0 Å². The molecular weight excluding hydrogens is 586 g/mol. The van der Waals surface area contributed by atoms with Gasteiger partial charge in [-0.15, -0.1) is 0 Å². The minimum Gasteiger partial charge on any atom is -0.507 e. The standard InChI is InChI=1S/C40H53N3O4/c1-7-8-9-10-11-12-13-14-15-16-37(45)47-31(6)26-46-32-19-22-35(36(44)25-32)40-42-38(33-20-17-27(2)23-29(33)4)41-39(43-40)34-21-18-28(3)24-30(34)5/h17-25,31,37,44-45H,7-16,26H2,1-6H3. The maximum atomic E-state index is 11.1. The first-order valence-corrected chi connectivity index (χ1v) is 17.4. The molecule has 0 aliphatic heterocycles. The Morgan fingerprint density at radius 2 is 1.13 bits per heavy atom. The fourth-order valence-electron chi connectivity index (χ4n) is 5.88. The van der Waals surface area contributed by atoms with E-state index in [2.05, 4.69) is 32.9 Å². The van der Waals surface area contributed by atoms with Gasteiger partial charge in [0.15, 0.2) is 23.8 Å². The summed E-state index contributed by atoms with van der Waals surface area (Å²) in [7, 11) is 0. The minimum absolute atomic E-state index is 0.00539. The number of phenolic OH excluding ortho intramolecular Hbond substituents is 1. The first-order valence-electron chi connectivity index (χ1n) is 17.4. The summed E-state index contributed by atoms with van der Waals surface area (Å²) in [5.74, 6) is 1.98. The molecule has 0 spiro atoms. The van der Waals surface area contributed by atoms with E-state index in [1.165, 1.54) is 44.9 Å². The van der Waals surface area contributed by atoms with Crippen LogP contribution in [0.1, 0.15) is 100 Å². The summed E-state index contributed by atoms with van der Waals surface area (Å²) in [5, 5.41) is 21.5. The summed E-state index contributed by atoms with van der Waals surface area (Å²) in [6, 6.07) is 17.5. The van der Waals surface area contributed by atoms with Crippen LogP contribution in [0.2, 0.25) is 0 Å². The maximum absolute atomic E-state index is 11.1. The van der Waals surface area contributed by atoms with E-state index in [0.29, 0.717) is 35.2 Å². The number of aromatic nitrogens is 3. The number of aryl methyl sites for hydroxylation is 4. The summed E-state index contributed by atoms with van der Waals surface area (Å²) < 4.78 is 11.7. The molecule has 2 atom stereocenters. The highest BCUT2D eigenvalue weighted by Gasteiger charge is 2.18. The van der Waals surface area contributed by atoms with Gasteiger partial charge in [-0.3, -0.25) is 0 Å². The highest BCUT2D eigenvalue weighted by molar-refractivity contribution is 5.72. The number of hydrogen-bond donors (Lipinski definition) is 2. The molecule has 0 aliphatic rings. The van der Waals surface area contributed by atoms with Crippen molar-refractivity contribution in [2.24, 2.45) is 0 Å². The molecule has 47 heavy (non-hydrogen) atoms. The molecule has 7 nitrogen and oxygen atoms in total. The fraction of sp³-hybridized carbons (Fsp3) is 0.475. The van der Waals surface area contributed by atoms with Gasteiger partial charge in [-0.25, -0.2) is 15.0 Å². The number of ether oxygens (including phenoxy) is 2. The molecule has 4 aromatic rings. The van der Waals surface area contributed by atoms with E-state index in [-0.39, 0.29) is 18.5 Å². The Labute approximate surface area is 281 Å². The van der Waals surface area contributed by atoms with Gasteiger partial charge in [0.2, 0.25) is 0 Å². The third-order valence-electron chi connectivity index (χ3n) is 8.52. The zero-order valence-electron chi connectivity index (χ0n) is 29.2. The predicted octanol–water partition coefficient (Wildman–Crippen LogP) is 9.84. The van der Waals surface area contributed by atoms with E-state index in [9.17, 15) is 10.2 Å². The Kier molecular flexibility index (Phi) is 13.7. The lowest BCUT2D eigenvalue weighted by Crippen LogP contribution is -2.25. The third kappa shape index (κ3) is 10.9. The molecule has 3 aromatic carbocycles. The largest absolute Gasteiger partial charge is 0.507 e. The molecule has 0 aliphatic carbocycles. The quantitative estimate of drug-likeness (QED) is 0.0826. The van der Waals surface area contributed by atoms with Crippen molar-refractivity contribution in [3.8, 4) is 45.7 Å². The Balaban J connectivity index is 1.40. The van der Waals surface area contributed by atoms with E-state index in [1.807, 2.05) is 45.0 Å². The van der Waals surface area contributed by atoms with Gasteiger partial charge in [-0.05, 0) is 70.7 Å². The van der Waals surface area contributed by atoms with E-state index < -0.39 is 6.29 Å². The second-order valence-electron chi connectivity index (χ2n) is 13.0. The first kappa shape index (κ1) is 36.0. The fourth-order valence-corrected chi connectivity index (χ4v) is 5.88. The molecule has 0 saturated heterocycles. The van der Waals surface area contributed by atoms with E-state index in [1.54, 1.807) is 18.2 Å². The molecule has 1 aromatic heterocycles. The number of aromatic hydroxyl groups is 1. The lowest BCUT2D eigenvalue weighted by Gasteiger charge is -2.19. The van der Waals surface area contributed by atoms with Crippen LogP contribution in [-0.2, 0) is 4.74 Å². The zero-order chi connectivity index (χ0) is 33.8. The van der Waals surface area contributed by atoms with Gasteiger partial charge in [-0.1, -0.05) is 106 Å². The summed E-state index contributed by atoms with van der Waals surface area (Å²) >= 11 is 0. The monoisotopic (exact) mass is 639 g/mol. The van der Waals surface area contributed by atoms with Crippen LogP contribution in [0.5, 0.6) is 11.5 Å². The predicted molar refractivity (Wildman–Crippen MR) is 191 cm³/mol. The highest BCUT2D eigenvalue weighted by Crippen LogP contribution is 2.34. The Morgan fingerprint density at radius 3 is 1.64 bits per heavy atom. The van der Waals surface area contributed by atoms with Crippen molar-refractivity contribution in [2.45, 2.75) is 118 Å². The van der Waals surface area contributed by atoms with Crippen molar-refractivity contribution in [1.29, 1.82) is 0 Å². The topological polar surface area (TPSA) is 97.6 Å². The number of unbranched alkanes of at least 4 members (excludes halogenated alkanes) is 8. The van der Waals surface area contributed by atoms with Gasteiger partial charge >= 0.3 is 0 Å². The van der Waals surface area contributed by atoms with E-state index in [4.69, 9.17) is 24.4 Å². The number of aliphatic hydroxyl groups is 1. The lowest BCUT2D eigenvalue weighted by molar-refractivity contribution is -0.142. The van der Waals surface area contributed by atoms with Crippen molar-refractivity contribution in [1.82, 2.24) is 15.0 Å². The van der Waals surface area contributed by atoms with Gasteiger partial charge < -0.3 is 19.7 Å². The van der Waals surface area contributed by atoms with Crippen molar-refractivity contribution < 1.29 is 19.7 Å². The summed E-state index contributed by atoms with van der Waals surface area (Å²) in [4.78, 5) is 14.5. The maximum Gasteiger partial charge on any atom is 0.167 e. The highest BCUT2D eigenvalue weighted by atomic mass is 16.6. The van der Waals surface area contributed by atoms with Crippen LogP contribution in [0.3, 0.4) is 0 Å². The van der Waals surface area contributed by atoms with Gasteiger partial charge in [0.1, 0.15) is 18.1 Å². The average molecular weight is 640 g/mol. The number of rotatable bonds is 18. The van der Waals surface area contributed by atoms with Gasteiger partial charge in [0.05, 0.1) is 11.7 Å². The first-order chi connectivity index (χ1) is 22.6. The average Bonchev–Trinajstić information content (AvgIpc) is 3.03. The molecule has 2 unspecified atom stereocenters. The van der Waals surface area contributed by atoms with Crippen LogP contribution in [-0.4, -0.2) is 44.2 Å². The molecule has 2 N–H and O–H groups in total. The van der Waals surface area contributed by atoms with E-state index >= 15 is 0 Å². The van der Waals surface area contributed by atoms with Crippen LogP contribution in [0.15, 0.2) is 54.6 Å². The normalized spacial score (nSPS) is 12.7. The number of aliphatic hydroxyl groups excluding tert-OH is 1. The smallest absolute Gasteiger partial charge is 0.167 e. The summed E-state index contributed by atoms with van der Waals surface area (Å²) in [6.07, 6.45) is 10.6. The second kappa shape index (κ2) is 17.9. The number of nitrogens with zero attached hydrogens (tertiary/aromatic N) is 3. The minimum atomic E-state index is -0.810. The molecule has 1 heterocycles. The van der Waals surface area contributed by atoms with Gasteiger partial charge in [-0.2, -0.15) is 0 Å². The lowest BCUT2D eigenvalue weighted by atomic mass is 10.0. The zero-order valence-corrected chi connectivity index (χ0v) is 29.2. The van der Waals surface area contributed by atoms with E-state index in [0.717, 1.165) is 46.2 Å².